The Labute approximate surface area is 171 Å². The molecule has 0 unspecified atom stereocenters. The Balaban J connectivity index is 0.000000311. The summed E-state index contributed by atoms with van der Waals surface area (Å²) in [5.41, 5.74) is 1.42. The Hall–Kier alpha value is -1.87. The molecule has 0 aromatic heterocycles. The monoisotopic (exact) mass is 385 g/mol. The predicted octanol–water partition coefficient (Wildman–Crippen LogP) is 5.60. The Morgan fingerprint density at radius 1 is 1.14 bits per heavy atom. The minimum atomic E-state index is -0.0830. The standard InChI is InChI=1S/C16H22O.C9H17NO/c17-16-13-7-12-15(16)11-6-2-5-10-14-8-3-1-4-9-14;1-3-5-6-7-8-9(11)10-4-2/h1,3-4,6,8-9,11,15-17H,2,5,7,10,12-13H2;3,5H,4,6-8H2,1-2H3,(H,10,11)/b11-6+;5-3-/t15-,16-;/m1./s1. The highest BCUT2D eigenvalue weighted by atomic mass is 16.3. The van der Waals surface area contributed by atoms with Crippen LogP contribution in [0.3, 0.4) is 0 Å². The molecule has 1 aromatic rings. The van der Waals surface area contributed by atoms with E-state index in [2.05, 4.69) is 53.9 Å². The van der Waals surface area contributed by atoms with Crippen LogP contribution in [0.15, 0.2) is 54.6 Å². The van der Waals surface area contributed by atoms with Crippen LogP contribution < -0.4 is 5.32 Å². The highest BCUT2D eigenvalue weighted by molar-refractivity contribution is 5.75. The number of rotatable bonds is 10. The maximum absolute atomic E-state index is 10.9. The first-order valence-electron chi connectivity index (χ1n) is 10.9. The first-order valence-corrected chi connectivity index (χ1v) is 10.9. The van der Waals surface area contributed by atoms with E-state index in [4.69, 9.17) is 0 Å². The number of carbonyl (C=O) groups is 1. The second-order valence-corrected chi connectivity index (χ2v) is 7.38. The number of amides is 1. The van der Waals surface area contributed by atoms with Crippen LogP contribution in [0.2, 0.25) is 0 Å². The van der Waals surface area contributed by atoms with Gasteiger partial charge in [0.15, 0.2) is 0 Å². The van der Waals surface area contributed by atoms with Gasteiger partial charge >= 0.3 is 0 Å². The summed E-state index contributed by atoms with van der Waals surface area (Å²) in [5.74, 6) is 0.587. The predicted molar refractivity (Wildman–Crippen MR) is 119 cm³/mol. The van der Waals surface area contributed by atoms with E-state index in [1.54, 1.807) is 0 Å². The second kappa shape index (κ2) is 16.1. The number of aliphatic hydroxyl groups is 1. The molecule has 2 atom stereocenters. The van der Waals surface area contributed by atoms with Gasteiger partial charge in [0.25, 0.3) is 0 Å². The van der Waals surface area contributed by atoms with Crippen LogP contribution in [0, 0.1) is 5.92 Å². The lowest BCUT2D eigenvalue weighted by Gasteiger charge is -2.08. The second-order valence-electron chi connectivity index (χ2n) is 7.38. The van der Waals surface area contributed by atoms with Crippen molar-refractivity contribution >= 4 is 5.91 Å². The molecule has 0 spiro atoms. The number of aliphatic hydroxyl groups excluding tert-OH is 1. The summed E-state index contributed by atoms with van der Waals surface area (Å²) in [7, 11) is 0. The van der Waals surface area contributed by atoms with Gasteiger partial charge in [-0.2, -0.15) is 0 Å². The number of nitrogens with one attached hydrogen (secondary N) is 1. The number of benzene rings is 1. The smallest absolute Gasteiger partial charge is 0.219 e. The van der Waals surface area contributed by atoms with Gasteiger partial charge in [0.2, 0.25) is 5.91 Å². The summed E-state index contributed by atoms with van der Waals surface area (Å²) in [6.45, 7) is 4.67. The van der Waals surface area contributed by atoms with E-state index in [-0.39, 0.29) is 12.0 Å². The summed E-state index contributed by atoms with van der Waals surface area (Å²) in [5, 5.41) is 12.4. The van der Waals surface area contributed by atoms with Crippen LogP contribution in [-0.2, 0) is 11.2 Å². The first kappa shape index (κ1) is 24.2. The Morgan fingerprint density at radius 3 is 2.54 bits per heavy atom. The molecule has 2 N–H and O–H groups in total. The molecule has 2 rings (SSSR count). The number of aryl methyl sites for hydroxylation is 1. The third-order valence-electron chi connectivity index (χ3n) is 4.98. The molecule has 3 heteroatoms. The van der Waals surface area contributed by atoms with Crippen molar-refractivity contribution < 1.29 is 9.90 Å². The van der Waals surface area contributed by atoms with Gasteiger partial charge in [-0.15, -0.1) is 0 Å². The summed E-state index contributed by atoms with van der Waals surface area (Å²) in [6.07, 6.45) is 17.9. The fourth-order valence-electron chi connectivity index (χ4n) is 3.37. The Morgan fingerprint density at radius 2 is 1.89 bits per heavy atom. The lowest BCUT2D eigenvalue weighted by Crippen LogP contribution is -2.21. The van der Waals surface area contributed by atoms with Crippen LogP contribution in [0.25, 0.3) is 0 Å². The summed E-state index contributed by atoms with van der Waals surface area (Å²) in [4.78, 5) is 10.9. The van der Waals surface area contributed by atoms with Crippen molar-refractivity contribution in [3.05, 3.63) is 60.2 Å². The number of allylic oxidation sites excluding steroid dienone is 3. The van der Waals surface area contributed by atoms with Gasteiger partial charge in [0.05, 0.1) is 6.10 Å². The van der Waals surface area contributed by atoms with Crippen LogP contribution >= 0.6 is 0 Å². The molecule has 28 heavy (non-hydrogen) atoms. The molecule has 1 fully saturated rings. The maximum Gasteiger partial charge on any atom is 0.219 e. The van der Waals surface area contributed by atoms with Crippen molar-refractivity contribution in [1.82, 2.24) is 5.32 Å². The van der Waals surface area contributed by atoms with Gasteiger partial charge in [-0.3, -0.25) is 4.79 Å². The Kier molecular flexibility index (Phi) is 13.9. The van der Waals surface area contributed by atoms with Gasteiger partial charge in [-0.05, 0) is 64.4 Å². The molecule has 0 aliphatic heterocycles. The molecule has 0 saturated heterocycles. The number of carbonyl (C=O) groups excluding carboxylic acids is 1. The quantitative estimate of drug-likeness (QED) is 0.407. The van der Waals surface area contributed by atoms with E-state index in [0.29, 0.717) is 12.3 Å². The van der Waals surface area contributed by atoms with Crippen LogP contribution in [0.1, 0.15) is 70.8 Å². The SMILES string of the molecule is C/C=C\CCCC(=O)NCC.O[C@@H]1CCC[C@H]1/C=C/CCCc1ccccc1. The van der Waals surface area contributed by atoms with Crippen molar-refractivity contribution in [3.8, 4) is 0 Å². The zero-order chi connectivity index (χ0) is 20.5. The molecule has 1 aliphatic rings. The third kappa shape index (κ3) is 11.8. The van der Waals surface area contributed by atoms with Gasteiger partial charge in [0.1, 0.15) is 0 Å². The highest BCUT2D eigenvalue weighted by Crippen LogP contribution is 2.26. The van der Waals surface area contributed by atoms with Crippen LogP contribution in [0.5, 0.6) is 0 Å². The third-order valence-corrected chi connectivity index (χ3v) is 4.98. The van der Waals surface area contributed by atoms with Gasteiger partial charge in [-0.25, -0.2) is 0 Å². The van der Waals surface area contributed by atoms with Gasteiger partial charge < -0.3 is 10.4 Å². The van der Waals surface area contributed by atoms with Crippen LogP contribution in [-0.4, -0.2) is 23.7 Å². The van der Waals surface area contributed by atoms with Gasteiger partial charge in [-0.1, -0.05) is 61.1 Å². The molecule has 156 valence electrons. The fraction of sp³-hybridized carbons (Fsp3) is 0.560. The van der Waals surface area contributed by atoms with E-state index in [9.17, 15) is 9.90 Å². The van der Waals surface area contributed by atoms with Crippen LogP contribution in [0.4, 0.5) is 0 Å². The zero-order valence-electron chi connectivity index (χ0n) is 17.8. The normalized spacial score (nSPS) is 19.0. The van der Waals surface area contributed by atoms with E-state index >= 15 is 0 Å². The van der Waals surface area contributed by atoms with E-state index in [1.165, 1.54) is 18.4 Å². The number of hydrogen-bond acceptors (Lipinski definition) is 2. The summed E-state index contributed by atoms with van der Waals surface area (Å²) >= 11 is 0. The fourth-order valence-corrected chi connectivity index (χ4v) is 3.37. The average Bonchev–Trinajstić information content (AvgIpc) is 3.11. The molecule has 0 bridgehead atoms. The highest BCUT2D eigenvalue weighted by Gasteiger charge is 2.21. The molecular formula is C25H39NO2. The lowest BCUT2D eigenvalue weighted by molar-refractivity contribution is -0.121. The molecule has 3 nitrogen and oxygen atoms in total. The van der Waals surface area contributed by atoms with Crippen molar-refractivity contribution in [2.45, 2.75) is 77.7 Å². The largest absolute Gasteiger partial charge is 0.393 e. The Bertz CT molecular complexity index is 565. The summed E-state index contributed by atoms with van der Waals surface area (Å²) in [6, 6.07) is 10.6. The summed E-state index contributed by atoms with van der Waals surface area (Å²) < 4.78 is 0. The van der Waals surface area contributed by atoms with Crippen molar-refractivity contribution in [3.63, 3.8) is 0 Å². The molecule has 1 amide bonds. The molecule has 1 aromatic carbocycles. The maximum atomic E-state index is 10.9. The van der Waals surface area contributed by atoms with Gasteiger partial charge in [0, 0.05) is 18.9 Å². The van der Waals surface area contributed by atoms with E-state index < -0.39 is 0 Å². The minimum absolute atomic E-state index is 0.0830. The zero-order valence-corrected chi connectivity index (χ0v) is 17.8. The molecule has 1 aliphatic carbocycles. The topological polar surface area (TPSA) is 49.3 Å². The molecular weight excluding hydrogens is 346 g/mol. The van der Waals surface area contributed by atoms with Crippen molar-refractivity contribution in [2.24, 2.45) is 5.92 Å². The van der Waals surface area contributed by atoms with Crippen molar-refractivity contribution in [1.29, 1.82) is 0 Å². The first-order chi connectivity index (χ1) is 13.7. The molecule has 1 saturated carbocycles. The molecule has 0 heterocycles. The minimum Gasteiger partial charge on any atom is -0.393 e. The van der Waals surface area contributed by atoms with E-state index in [0.717, 1.165) is 45.1 Å². The van der Waals surface area contributed by atoms with Crippen molar-refractivity contribution in [2.75, 3.05) is 6.54 Å². The lowest BCUT2D eigenvalue weighted by atomic mass is 10.0. The number of unbranched alkanes of at least 4 members (excludes halogenated alkanes) is 2. The van der Waals surface area contributed by atoms with E-state index in [1.807, 2.05) is 19.9 Å². The average molecular weight is 386 g/mol. The molecule has 0 radical (unpaired) electrons. The number of hydrogen-bond donors (Lipinski definition) is 2.